The Morgan fingerprint density at radius 1 is 1.17 bits per heavy atom. The Kier molecular flexibility index (Phi) is 3.71. The summed E-state index contributed by atoms with van der Waals surface area (Å²) in [6, 6.07) is 17.2. The minimum Gasteiger partial charge on any atom is -0.359 e. The van der Waals surface area contributed by atoms with E-state index in [0.717, 1.165) is 6.54 Å². The van der Waals surface area contributed by atoms with Crippen molar-refractivity contribution in [3.05, 3.63) is 83.9 Å². The fourth-order valence-corrected chi connectivity index (χ4v) is 3.69. The standard InChI is InChI=1S/C19H18N2OS/c1-23-17-8-6-16(7-9-17)19(13-21-11-10-20-14-21)18-5-3-2-4-15(18)12-22-19/h2-11,14H,12-13H2,1H3. The Balaban J connectivity index is 1.84. The van der Waals surface area contributed by atoms with Gasteiger partial charge >= 0.3 is 0 Å². The van der Waals surface area contributed by atoms with Gasteiger partial charge in [0.15, 0.2) is 0 Å². The summed E-state index contributed by atoms with van der Waals surface area (Å²) in [5.74, 6) is 0. The number of hydrogen-bond acceptors (Lipinski definition) is 3. The number of benzene rings is 2. The van der Waals surface area contributed by atoms with Gasteiger partial charge in [-0.2, -0.15) is 0 Å². The average molecular weight is 322 g/mol. The van der Waals surface area contributed by atoms with Crippen molar-refractivity contribution in [1.29, 1.82) is 0 Å². The van der Waals surface area contributed by atoms with E-state index in [0.29, 0.717) is 6.61 Å². The van der Waals surface area contributed by atoms with Crippen molar-refractivity contribution >= 4 is 11.8 Å². The summed E-state index contributed by atoms with van der Waals surface area (Å²) in [5.41, 5.74) is 3.26. The van der Waals surface area contributed by atoms with E-state index in [1.54, 1.807) is 11.8 Å². The number of nitrogens with zero attached hydrogens (tertiary/aromatic N) is 2. The van der Waals surface area contributed by atoms with Crippen molar-refractivity contribution in [1.82, 2.24) is 9.55 Å². The molecule has 1 atom stereocenters. The van der Waals surface area contributed by atoms with Gasteiger partial charge in [-0.15, -0.1) is 11.8 Å². The van der Waals surface area contributed by atoms with Gasteiger partial charge in [0, 0.05) is 17.3 Å². The van der Waals surface area contributed by atoms with Crippen LogP contribution in [-0.2, 0) is 23.5 Å². The first kappa shape index (κ1) is 14.5. The Hall–Kier alpha value is -2.04. The van der Waals surface area contributed by atoms with Crippen LogP contribution in [0.4, 0.5) is 0 Å². The zero-order valence-electron chi connectivity index (χ0n) is 13.0. The van der Waals surface area contributed by atoms with Crippen LogP contribution < -0.4 is 0 Å². The van der Waals surface area contributed by atoms with Gasteiger partial charge in [-0.25, -0.2) is 4.98 Å². The van der Waals surface area contributed by atoms with Crippen LogP contribution in [0.3, 0.4) is 0 Å². The highest BCUT2D eigenvalue weighted by molar-refractivity contribution is 7.98. The Labute approximate surface area is 140 Å². The summed E-state index contributed by atoms with van der Waals surface area (Å²) in [5, 5.41) is 0. The molecule has 2 heterocycles. The summed E-state index contributed by atoms with van der Waals surface area (Å²) in [6.07, 6.45) is 7.74. The third-order valence-electron chi connectivity index (χ3n) is 4.45. The molecule has 0 radical (unpaired) electrons. The van der Waals surface area contributed by atoms with Crippen LogP contribution in [0.15, 0.2) is 72.1 Å². The minimum absolute atomic E-state index is 0.450. The maximum atomic E-state index is 6.39. The smallest absolute Gasteiger partial charge is 0.137 e. The number of rotatable bonds is 4. The lowest BCUT2D eigenvalue weighted by atomic mass is 9.85. The number of thioether (sulfide) groups is 1. The number of aromatic nitrogens is 2. The van der Waals surface area contributed by atoms with E-state index >= 15 is 0 Å². The molecule has 0 aliphatic carbocycles. The summed E-state index contributed by atoms with van der Waals surface area (Å²) < 4.78 is 8.48. The topological polar surface area (TPSA) is 27.1 Å². The number of ether oxygens (including phenoxy) is 1. The highest BCUT2D eigenvalue weighted by Gasteiger charge is 2.41. The molecular weight excluding hydrogens is 304 g/mol. The van der Waals surface area contributed by atoms with Gasteiger partial charge in [0.2, 0.25) is 0 Å². The molecule has 0 bridgehead atoms. The molecule has 0 fully saturated rings. The summed E-state index contributed by atoms with van der Waals surface area (Å²) in [6.45, 7) is 1.37. The molecule has 4 heteroatoms. The fraction of sp³-hybridized carbons (Fsp3) is 0.211. The van der Waals surface area contributed by atoms with Crippen LogP contribution in [0, 0.1) is 0 Å². The van der Waals surface area contributed by atoms with E-state index in [9.17, 15) is 0 Å². The van der Waals surface area contributed by atoms with E-state index in [1.165, 1.54) is 21.6 Å². The van der Waals surface area contributed by atoms with Crippen LogP contribution >= 0.6 is 11.8 Å². The van der Waals surface area contributed by atoms with E-state index in [1.807, 2.05) is 18.7 Å². The van der Waals surface area contributed by atoms with Gasteiger partial charge in [0.25, 0.3) is 0 Å². The van der Waals surface area contributed by atoms with Crippen molar-refractivity contribution < 1.29 is 4.74 Å². The van der Waals surface area contributed by atoms with Crippen LogP contribution in [0.25, 0.3) is 0 Å². The summed E-state index contributed by atoms with van der Waals surface area (Å²) in [7, 11) is 0. The van der Waals surface area contributed by atoms with Gasteiger partial charge in [-0.3, -0.25) is 0 Å². The third-order valence-corrected chi connectivity index (χ3v) is 5.19. The monoisotopic (exact) mass is 322 g/mol. The van der Waals surface area contributed by atoms with Gasteiger partial charge in [-0.05, 0) is 35.1 Å². The van der Waals surface area contributed by atoms with E-state index in [2.05, 4.69) is 64.3 Å². The molecule has 2 aromatic carbocycles. The lowest BCUT2D eigenvalue weighted by Crippen LogP contribution is -2.32. The first-order chi connectivity index (χ1) is 11.3. The highest BCUT2D eigenvalue weighted by atomic mass is 32.2. The van der Waals surface area contributed by atoms with Crippen molar-refractivity contribution in [2.24, 2.45) is 0 Å². The first-order valence-electron chi connectivity index (χ1n) is 7.64. The molecule has 3 aromatic rings. The third kappa shape index (κ3) is 2.48. The average Bonchev–Trinajstić information content (AvgIpc) is 3.24. The largest absolute Gasteiger partial charge is 0.359 e. The normalized spacial score (nSPS) is 19.7. The molecule has 3 nitrogen and oxygen atoms in total. The second kappa shape index (κ2) is 5.87. The molecular formula is C19H18N2OS. The molecule has 1 aliphatic heterocycles. The fourth-order valence-electron chi connectivity index (χ4n) is 3.28. The molecule has 0 saturated heterocycles. The van der Waals surface area contributed by atoms with Gasteiger partial charge < -0.3 is 9.30 Å². The van der Waals surface area contributed by atoms with Crippen LogP contribution in [0.2, 0.25) is 0 Å². The second-order valence-electron chi connectivity index (χ2n) is 5.74. The number of fused-ring (bicyclic) bond motifs is 1. The maximum Gasteiger partial charge on any atom is 0.137 e. The molecule has 0 amide bonds. The Morgan fingerprint density at radius 3 is 2.74 bits per heavy atom. The molecule has 1 aliphatic rings. The molecule has 1 aromatic heterocycles. The first-order valence-corrected chi connectivity index (χ1v) is 8.87. The van der Waals surface area contributed by atoms with E-state index in [4.69, 9.17) is 4.74 Å². The zero-order chi connectivity index (χ0) is 15.7. The maximum absolute atomic E-state index is 6.39. The van der Waals surface area contributed by atoms with Crippen molar-refractivity contribution in [3.8, 4) is 0 Å². The van der Waals surface area contributed by atoms with Gasteiger partial charge in [0.05, 0.1) is 19.5 Å². The zero-order valence-corrected chi connectivity index (χ0v) is 13.8. The van der Waals surface area contributed by atoms with E-state index in [-0.39, 0.29) is 0 Å². The molecule has 4 rings (SSSR count). The predicted octanol–water partition coefficient (Wildman–Crippen LogP) is 4.08. The van der Waals surface area contributed by atoms with E-state index < -0.39 is 5.60 Å². The van der Waals surface area contributed by atoms with Gasteiger partial charge in [0.1, 0.15) is 5.60 Å². The Morgan fingerprint density at radius 2 is 2.00 bits per heavy atom. The van der Waals surface area contributed by atoms with Crippen LogP contribution in [-0.4, -0.2) is 15.8 Å². The molecule has 0 N–H and O–H groups in total. The second-order valence-corrected chi connectivity index (χ2v) is 6.62. The number of imidazole rings is 1. The summed E-state index contributed by atoms with van der Waals surface area (Å²) in [4.78, 5) is 5.44. The lowest BCUT2D eigenvalue weighted by Gasteiger charge is -2.31. The summed E-state index contributed by atoms with van der Waals surface area (Å²) >= 11 is 1.75. The molecule has 116 valence electrons. The van der Waals surface area contributed by atoms with Crippen LogP contribution in [0.1, 0.15) is 16.7 Å². The number of hydrogen-bond donors (Lipinski definition) is 0. The molecule has 23 heavy (non-hydrogen) atoms. The van der Waals surface area contributed by atoms with Crippen molar-refractivity contribution in [2.75, 3.05) is 6.26 Å². The lowest BCUT2D eigenvalue weighted by molar-refractivity contribution is -0.0181. The van der Waals surface area contributed by atoms with Crippen molar-refractivity contribution in [3.63, 3.8) is 0 Å². The molecule has 0 spiro atoms. The predicted molar refractivity (Wildman–Crippen MR) is 92.5 cm³/mol. The molecule has 1 unspecified atom stereocenters. The van der Waals surface area contributed by atoms with Crippen LogP contribution in [0.5, 0.6) is 0 Å². The SMILES string of the molecule is CSc1ccc(C2(Cn3ccnc3)OCc3ccccc32)cc1. The molecule has 0 saturated carbocycles. The highest BCUT2D eigenvalue weighted by Crippen LogP contribution is 2.43. The minimum atomic E-state index is -0.450. The van der Waals surface area contributed by atoms with Crippen molar-refractivity contribution in [2.45, 2.75) is 23.6 Å². The van der Waals surface area contributed by atoms with Gasteiger partial charge in [-0.1, -0.05) is 36.4 Å². The quantitative estimate of drug-likeness (QED) is 0.677. The Bertz CT molecular complexity index is 799.